The Morgan fingerprint density at radius 3 is 2.43 bits per heavy atom. The van der Waals surface area contributed by atoms with Crippen LogP contribution in [-0.2, 0) is 14.8 Å². The summed E-state index contributed by atoms with van der Waals surface area (Å²) in [6.45, 7) is 6.92. The molecule has 1 aromatic heterocycles. The van der Waals surface area contributed by atoms with E-state index >= 15 is 0 Å². The van der Waals surface area contributed by atoms with Crippen LogP contribution in [0.4, 0.5) is 0 Å². The second-order valence-electron chi connectivity index (χ2n) is 6.37. The summed E-state index contributed by atoms with van der Waals surface area (Å²) in [5, 5.41) is 1.75. The number of likely N-dealkylation sites (tertiary alicyclic amines) is 1. The normalized spacial score (nSPS) is 18.0. The van der Waals surface area contributed by atoms with Crippen LogP contribution in [-0.4, -0.2) is 38.4 Å². The molecule has 0 unspecified atom stereocenters. The third kappa shape index (κ3) is 4.05. The van der Waals surface area contributed by atoms with Crippen LogP contribution in [0.1, 0.15) is 33.6 Å². The first-order valence-corrected chi connectivity index (χ1v) is 9.41. The number of rotatable bonds is 3. The number of nitrogens with one attached hydrogen (secondary N) is 1. The maximum atomic E-state index is 12.2. The van der Waals surface area contributed by atoms with E-state index in [1.165, 1.54) is 11.3 Å². The van der Waals surface area contributed by atoms with E-state index in [0.29, 0.717) is 30.1 Å². The highest BCUT2D eigenvalue weighted by Crippen LogP contribution is 2.22. The van der Waals surface area contributed by atoms with Gasteiger partial charge in [0, 0.05) is 24.5 Å². The van der Waals surface area contributed by atoms with E-state index in [2.05, 4.69) is 4.72 Å². The van der Waals surface area contributed by atoms with Gasteiger partial charge < -0.3 is 4.90 Å². The van der Waals surface area contributed by atoms with Gasteiger partial charge in [-0.25, -0.2) is 13.1 Å². The van der Waals surface area contributed by atoms with Crippen molar-refractivity contribution in [1.82, 2.24) is 9.62 Å². The number of piperidine rings is 1. The Balaban J connectivity index is 1.92. The lowest BCUT2D eigenvalue weighted by atomic mass is 9.93. The molecule has 1 aliphatic rings. The van der Waals surface area contributed by atoms with Gasteiger partial charge in [-0.1, -0.05) is 26.8 Å². The zero-order valence-electron chi connectivity index (χ0n) is 12.6. The molecule has 21 heavy (non-hydrogen) atoms. The van der Waals surface area contributed by atoms with Gasteiger partial charge in [-0.2, -0.15) is 0 Å². The maximum Gasteiger partial charge on any atom is 0.250 e. The second-order valence-corrected chi connectivity index (χ2v) is 9.26. The summed E-state index contributed by atoms with van der Waals surface area (Å²) >= 11 is 1.21. The van der Waals surface area contributed by atoms with E-state index in [4.69, 9.17) is 0 Å². The van der Waals surface area contributed by atoms with Crippen molar-refractivity contribution in [1.29, 1.82) is 0 Å². The first-order chi connectivity index (χ1) is 9.70. The van der Waals surface area contributed by atoms with Gasteiger partial charge in [0.2, 0.25) is 15.9 Å². The van der Waals surface area contributed by atoms with Gasteiger partial charge in [0.05, 0.1) is 0 Å². The standard InChI is InChI=1S/C14H22N2O3S2/c1-14(2,3)13(17)16-8-6-11(7-9-16)15-21(18,19)12-5-4-10-20-12/h4-5,10-11,15H,6-9H2,1-3H3. The van der Waals surface area contributed by atoms with Crippen molar-refractivity contribution >= 4 is 27.3 Å². The smallest absolute Gasteiger partial charge is 0.250 e. The lowest BCUT2D eigenvalue weighted by molar-refractivity contribution is -0.140. The van der Waals surface area contributed by atoms with Crippen molar-refractivity contribution in [2.75, 3.05) is 13.1 Å². The lowest BCUT2D eigenvalue weighted by Gasteiger charge is -2.35. The predicted molar refractivity (Wildman–Crippen MR) is 83.7 cm³/mol. The first-order valence-electron chi connectivity index (χ1n) is 7.05. The summed E-state index contributed by atoms with van der Waals surface area (Å²) in [5.74, 6) is 0.127. The fraction of sp³-hybridized carbons (Fsp3) is 0.643. The fourth-order valence-electron chi connectivity index (χ4n) is 2.37. The molecule has 5 nitrogen and oxygen atoms in total. The highest BCUT2D eigenvalue weighted by molar-refractivity contribution is 7.91. The Bertz CT molecular complexity index is 580. The Morgan fingerprint density at radius 2 is 1.95 bits per heavy atom. The molecule has 1 saturated heterocycles. The minimum Gasteiger partial charge on any atom is -0.342 e. The van der Waals surface area contributed by atoms with E-state index in [-0.39, 0.29) is 17.4 Å². The van der Waals surface area contributed by atoms with Crippen molar-refractivity contribution in [3.05, 3.63) is 17.5 Å². The number of carbonyl (C=O) groups is 1. The molecule has 7 heteroatoms. The molecule has 0 radical (unpaired) electrons. The largest absolute Gasteiger partial charge is 0.342 e. The molecular formula is C14H22N2O3S2. The van der Waals surface area contributed by atoms with Gasteiger partial charge >= 0.3 is 0 Å². The van der Waals surface area contributed by atoms with E-state index in [1.807, 2.05) is 25.7 Å². The Kier molecular flexibility index (Phi) is 4.75. The molecular weight excluding hydrogens is 308 g/mol. The van der Waals surface area contributed by atoms with Gasteiger partial charge in [-0.05, 0) is 24.3 Å². The third-order valence-electron chi connectivity index (χ3n) is 3.51. The van der Waals surface area contributed by atoms with E-state index in [9.17, 15) is 13.2 Å². The van der Waals surface area contributed by atoms with Gasteiger partial charge in [0.25, 0.3) is 0 Å². The van der Waals surface area contributed by atoms with Crippen molar-refractivity contribution in [2.45, 2.75) is 43.9 Å². The summed E-state index contributed by atoms with van der Waals surface area (Å²) in [6, 6.07) is 3.23. The molecule has 0 spiro atoms. The summed E-state index contributed by atoms with van der Waals surface area (Å²) in [5.41, 5.74) is -0.386. The van der Waals surface area contributed by atoms with Crippen molar-refractivity contribution in [2.24, 2.45) is 5.41 Å². The Labute approximate surface area is 130 Å². The highest BCUT2D eigenvalue weighted by Gasteiger charge is 2.31. The summed E-state index contributed by atoms with van der Waals surface area (Å²) < 4.78 is 27.4. The quantitative estimate of drug-likeness (QED) is 0.922. The molecule has 0 aliphatic carbocycles. The third-order valence-corrected chi connectivity index (χ3v) is 6.42. The van der Waals surface area contributed by atoms with Crippen LogP contribution in [0.2, 0.25) is 0 Å². The molecule has 1 amide bonds. The number of thiophene rings is 1. The van der Waals surface area contributed by atoms with Crippen LogP contribution in [0, 0.1) is 5.41 Å². The fourth-order valence-corrected chi connectivity index (χ4v) is 4.68. The van der Waals surface area contributed by atoms with Crippen LogP contribution in [0.25, 0.3) is 0 Å². The van der Waals surface area contributed by atoms with E-state index in [1.54, 1.807) is 17.5 Å². The van der Waals surface area contributed by atoms with Crippen LogP contribution in [0.3, 0.4) is 0 Å². The van der Waals surface area contributed by atoms with Crippen LogP contribution in [0.15, 0.2) is 21.7 Å². The SMILES string of the molecule is CC(C)(C)C(=O)N1CCC(NS(=O)(=O)c2cccs2)CC1. The van der Waals surface area contributed by atoms with Crippen molar-refractivity contribution in [3.63, 3.8) is 0 Å². The Morgan fingerprint density at radius 1 is 1.33 bits per heavy atom. The lowest BCUT2D eigenvalue weighted by Crippen LogP contribution is -2.49. The molecule has 0 saturated carbocycles. The molecule has 1 aromatic rings. The monoisotopic (exact) mass is 330 g/mol. The average Bonchev–Trinajstić information content (AvgIpc) is 2.92. The predicted octanol–water partition coefficient (Wildman–Crippen LogP) is 2.06. The first kappa shape index (κ1) is 16.5. The minimum atomic E-state index is -3.42. The summed E-state index contributed by atoms with van der Waals surface area (Å²) in [4.78, 5) is 14.0. The van der Waals surface area contributed by atoms with E-state index < -0.39 is 10.0 Å². The van der Waals surface area contributed by atoms with Gasteiger partial charge in [0.1, 0.15) is 4.21 Å². The molecule has 118 valence electrons. The summed E-state index contributed by atoms with van der Waals surface area (Å²) in [7, 11) is -3.42. The number of carbonyl (C=O) groups excluding carboxylic acids is 1. The van der Waals surface area contributed by atoms with Crippen LogP contribution in [0.5, 0.6) is 0 Å². The van der Waals surface area contributed by atoms with Gasteiger partial charge in [0.15, 0.2) is 0 Å². The molecule has 1 N–H and O–H groups in total. The van der Waals surface area contributed by atoms with Crippen LogP contribution >= 0.6 is 11.3 Å². The zero-order valence-corrected chi connectivity index (χ0v) is 14.3. The van der Waals surface area contributed by atoms with Gasteiger partial charge in [-0.15, -0.1) is 11.3 Å². The summed E-state index contributed by atoms with van der Waals surface area (Å²) in [6.07, 6.45) is 1.32. The number of hydrogen-bond acceptors (Lipinski definition) is 4. The molecule has 1 aliphatic heterocycles. The topological polar surface area (TPSA) is 66.5 Å². The number of hydrogen-bond donors (Lipinski definition) is 1. The molecule has 0 aromatic carbocycles. The number of sulfonamides is 1. The molecule has 1 fully saturated rings. The van der Waals surface area contributed by atoms with Gasteiger partial charge in [-0.3, -0.25) is 4.79 Å². The Hall–Kier alpha value is -0.920. The molecule has 2 heterocycles. The molecule has 0 bridgehead atoms. The number of nitrogens with zero attached hydrogens (tertiary/aromatic N) is 1. The number of amides is 1. The molecule has 0 atom stereocenters. The second kappa shape index (κ2) is 6.06. The zero-order chi connectivity index (χ0) is 15.7. The van der Waals surface area contributed by atoms with Crippen LogP contribution < -0.4 is 4.72 Å². The molecule has 2 rings (SSSR count). The van der Waals surface area contributed by atoms with Crippen molar-refractivity contribution in [3.8, 4) is 0 Å². The maximum absolute atomic E-state index is 12.2. The highest BCUT2D eigenvalue weighted by atomic mass is 32.2. The average molecular weight is 330 g/mol. The minimum absolute atomic E-state index is 0.0962. The van der Waals surface area contributed by atoms with E-state index in [0.717, 1.165) is 0 Å². The van der Waals surface area contributed by atoms with Crippen molar-refractivity contribution < 1.29 is 13.2 Å².